The number of fused-ring (bicyclic) bond motifs is 1. The third kappa shape index (κ3) is 4.20. The second kappa shape index (κ2) is 7.71. The Kier molecular flexibility index (Phi) is 5.62. The molecule has 3 aliphatic rings. The number of piperidine rings is 2. The number of carbonyl (C=O) groups is 2. The number of hydrogen-bond acceptors (Lipinski definition) is 2. The van der Waals surface area contributed by atoms with Gasteiger partial charge in [-0.15, -0.1) is 0 Å². The van der Waals surface area contributed by atoms with Crippen molar-refractivity contribution < 1.29 is 9.59 Å². The van der Waals surface area contributed by atoms with Crippen molar-refractivity contribution in [1.29, 1.82) is 0 Å². The van der Waals surface area contributed by atoms with Gasteiger partial charge in [0.1, 0.15) is 0 Å². The van der Waals surface area contributed by atoms with Crippen LogP contribution in [0.1, 0.15) is 58.8 Å². The van der Waals surface area contributed by atoms with Crippen molar-refractivity contribution >= 4 is 11.8 Å². The Morgan fingerprint density at radius 1 is 1.04 bits per heavy atom. The lowest BCUT2D eigenvalue weighted by atomic mass is 9.82. The van der Waals surface area contributed by atoms with Crippen molar-refractivity contribution in [3.63, 3.8) is 0 Å². The molecule has 2 aliphatic heterocycles. The Morgan fingerprint density at radius 2 is 1.71 bits per heavy atom. The topological polar surface area (TPSA) is 40.6 Å². The summed E-state index contributed by atoms with van der Waals surface area (Å²) in [5, 5.41) is 0. The molecule has 2 amide bonds. The molecule has 4 nitrogen and oxygen atoms in total. The maximum Gasteiger partial charge on any atom is 0.223 e. The second-order valence-electron chi connectivity index (χ2n) is 8.26. The number of nitrogens with zero attached hydrogens (tertiary/aromatic N) is 2. The van der Waals surface area contributed by atoms with Crippen LogP contribution in [0.2, 0.25) is 0 Å². The van der Waals surface area contributed by atoms with Crippen LogP contribution < -0.4 is 0 Å². The molecule has 2 heterocycles. The number of amides is 2. The molecule has 2 fully saturated rings. The summed E-state index contributed by atoms with van der Waals surface area (Å²) in [5.41, 5.74) is 1.46. The first-order valence-electron chi connectivity index (χ1n) is 9.77. The first-order valence-corrected chi connectivity index (χ1v) is 9.77. The van der Waals surface area contributed by atoms with E-state index in [0.717, 1.165) is 39.0 Å². The molecule has 1 aliphatic carbocycles. The zero-order valence-corrected chi connectivity index (χ0v) is 15.3. The van der Waals surface area contributed by atoms with Crippen molar-refractivity contribution in [1.82, 2.24) is 9.80 Å². The summed E-state index contributed by atoms with van der Waals surface area (Å²) in [5.74, 6) is 2.18. The molecular formula is C20H32N2O2. The smallest absolute Gasteiger partial charge is 0.223 e. The molecule has 0 spiro atoms. The van der Waals surface area contributed by atoms with Crippen LogP contribution in [0.25, 0.3) is 0 Å². The first-order chi connectivity index (χ1) is 11.5. The van der Waals surface area contributed by atoms with E-state index >= 15 is 0 Å². The normalized spacial score (nSPS) is 30.6. The average molecular weight is 332 g/mol. The molecular weight excluding hydrogens is 300 g/mol. The molecule has 24 heavy (non-hydrogen) atoms. The third-order valence-electron chi connectivity index (χ3n) is 5.94. The van der Waals surface area contributed by atoms with Crippen molar-refractivity contribution in [3.05, 3.63) is 11.6 Å². The largest absolute Gasteiger partial charge is 0.342 e. The Morgan fingerprint density at radius 3 is 2.42 bits per heavy atom. The van der Waals surface area contributed by atoms with Crippen molar-refractivity contribution in [2.75, 3.05) is 26.2 Å². The van der Waals surface area contributed by atoms with Gasteiger partial charge in [0, 0.05) is 39.0 Å². The monoisotopic (exact) mass is 332 g/mol. The van der Waals surface area contributed by atoms with Gasteiger partial charge in [-0.3, -0.25) is 9.59 Å². The van der Waals surface area contributed by atoms with Crippen molar-refractivity contribution in [2.45, 2.75) is 58.8 Å². The van der Waals surface area contributed by atoms with E-state index in [1.807, 2.05) is 9.80 Å². The standard InChI is InChI=1S/C20H32N2O2/c1-15-11-16(2)13-22(12-15)20(24)8-7-19(23)21-10-9-17-5-3-4-6-18(17)14-21/h6,15-17H,3-5,7-14H2,1-2H3. The fourth-order valence-electron chi connectivity index (χ4n) is 4.75. The molecule has 3 unspecified atom stereocenters. The van der Waals surface area contributed by atoms with E-state index in [2.05, 4.69) is 19.9 Å². The first kappa shape index (κ1) is 17.5. The molecule has 0 aromatic carbocycles. The van der Waals surface area contributed by atoms with Crippen LogP contribution in [-0.4, -0.2) is 47.8 Å². The van der Waals surface area contributed by atoms with Crippen LogP contribution in [0.4, 0.5) is 0 Å². The summed E-state index contributed by atoms with van der Waals surface area (Å²) in [4.78, 5) is 28.9. The third-order valence-corrected chi connectivity index (χ3v) is 5.94. The number of hydrogen-bond donors (Lipinski definition) is 0. The van der Waals surface area contributed by atoms with E-state index in [0.29, 0.717) is 30.6 Å². The highest BCUT2D eigenvalue weighted by Crippen LogP contribution is 2.32. The number of carbonyl (C=O) groups excluding carboxylic acids is 2. The molecule has 0 saturated carbocycles. The van der Waals surface area contributed by atoms with Gasteiger partial charge in [-0.05, 0) is 49.9 Å². The molecule has 0 aromatic heterocycles. The molecule has 0 N–H and O–H groups in total. The molecule has 0 bridgehead atoms. The van der Waals surface area contributed by atoms with Gasteiger partial charge in [-0.25, -0.2) is 0 Å². The van der Waals surface area contributed by atoms with Crippen molar-refractivity contribution in [3.8, 4) is 0 Å². The number of allylic oxidation sites excluding steroid dienone is 1. The molecule has 3 atom stereocenters. The predicted molar refractivity (Wildman–Crippen MR) is 95.4 cm³/mol. The maximum absolute atomic E-state index is 12.5. The van der Waals surface area contributed by atoms with Crippen LogP contribution in [0.5, 0.6) is 0 Å². The zero-order valence-electron chi connectivity index (χ0n) is 15.3. The maximum atomic E-state index is 12.5. The van der Waals surface area contributed by atoms with Gasteiger partial charge in [-0.1, -0.05) is 25.5 Å². The Labute approximate surface area is 146 Å². The fraction of sp³-hybridized carbons (Fsp3) is 0.800. The summed E-state index contributed by atoms with van der Waals surface area (Å²) in [6, 6.07) is 0. The Hall–Kier alpha value is -1.32. The van der Waals surface area contributed by atoms with Crippen molar-refractivity contribution in [2.24, 2.45) is 17.8 Å². The van der Waals surface area contributed by atoms with Crippen LogP contribution in [-0.2, 0) is 9.59 Å². The highest BCUT2D eigenvalue weighted by atomic mass is 16.2. The lowest BCUT2D eigenvalue weighted by molar-refractivity contribution is -0.138. The average Bonchev–Trinajstić information content (AvgIpc) is 2.58. The lowest BCUT2D eigenvalue weighted by Gasteiger charge is -2.37. The molecule has 3 rings (SSSR count). The van der Waals surface area contributed by atoms with Crippen LogP contribution >= 0.6 is 0 Å². The van der Waals surface area contributed by atoms with Gasteiger partial charge in [0.05, 0.1) is 0 Å². The molecule has 4 heteroatoms. The predicted octanol–water partition coefficient (Wildman–Crippen LogP) is 3.23. The van der Waals surface area contributed by atoms with Crippen LogP contribution in [0.15, 0.2) is 11.6 Å². The van der Waals surface area contributed by atoms with E-state index < -0.39 is 0 Å². The van der Waals surface area contributed by atoms with E-state index in [1.165, 1.54) is 24.8 Å². The molecule has 0 radical (unpaired) electrons. The highest BCUT2D eigenvalue weighted by Gasteiger charge is 2.29. The molecule has 0 aromatic rings. The van der Waals surface area contributed by atoms with Crippen LogP contribution in [0, 0.1) is 17.8 Å². The van der Waals surface area contributed by atoms with Gasteiger partial charge in [0.15, 0.2) is 0 Å². The zero-order chi connectivity index (χ0) is 17.1. The number of likely N-dealkylation sites (tertiary alicyclic amines) is 2. The van der Waals surface area contributed by atoms with E-state index in [-0.39, 0.29) is 11.8 Å². The summed E-state index contributed by atoms with van der Waals surface area (Å²) >= 11 is 0. The summed E-state index contributed by atoms with van der Waals surface area (Å²) < 4.78 is 0. The SMILES string of the molecule is CC1CC(C)CN(C(=O)CCC(=O)N2CCC3CCCC=C3C2)C1. The molecule has 134 valence electrons. The summed E-state index contributed by atoms with van der Waals surface area (Å²) in [6.07, 6.45) is 9.14. The number of rotatable bonds is 3. The summed E-state index contributed by atoms with van der Waals surface area (Å²) in [7, 11) is 0. The van der Waals surface area contributed by atoms with Gasteiger partial charge in [-0.2, -0.15) is 0 Å². The second-order valence-corrected chi connectivity index (χ2v) is 8.26. The van der Waals surface area contributed by atoms with Gasteiger partial charge in [0.2, 0.25) is 11.8 Å². The van der Waals surface area contributed by atoms with Gasteiger partial charge < -0.3 is 9.80 Å². The van der Waals surface area contributed by atoms with Gasteiger partial charge >= 0.3 is 0 Å². The quantitative estimate of drug-likeness (QED) is 0.745. The van der Waals surface area contributed by atoms with Gasteiger partial charge in [0.25, 0.3) is 0 Å². The van der Waals surface area contributed by atoms with E-state index in [1.54, 1.807) is 0 Å². The fourth-order valence-corrected chi connectivity index (χ4v) is 4.75. The minimum atomic E-state index is 0.159. The summed E-state index contributed by atoms with van der Waals surface area (Å²) in [6.45, 7) is 7.81. The lowest BCUT2D eigenvalue weighted by Crippen LogP contribution is -2.44. The Balaban J connectivity index is 1.47. The minimum absolute atomic E-state index is 0.159. The van der Waals surface area contributed by atoms with Crippen LogP contribution in [0.3, 0.4) is 0 Å². The van der Waals surface area contributed by atoms with E-state index in [9.17, 15) is 9.59 Å². The molecule has 2 saturated heterocycles. The van der Waals surface area contributed by atoms with E-state index in [4.69, 9.17) is 0 Å². The Bertz CT molecular complexity index is 504. The highest BCUT2D eigenvalue weighted by molar-refractivity contribution is 5.84. The minimum Gasteiger partial charge on any atom is -0.342 e.